The quantitative estimate of drug-likeness (QED) is 0.489. The summed E-state index contributed by atoms with van der Waals surface area (Å²) in [7, 11) is 0. The molecule has 26 heavy (non-hydrogen) atoms. The Kier molecular flexibility index (Phi) is 4.02. The van der Waals surface area contributed by atoms with E-state index in [1.165, 1.54) is 24.3 Å². The summed E-state index contributed by atoms with van der Waals surface area (Å²) in [5.41, 5.74) is -1.53. The number of hydrogen-bond donors (Lipinski definition) is 0. The first-order valence-electron chi connectivity index (χ1n) is 6.85. The van der Waals surface area contributed by atoms with Gasteiger partial charge in [0.1, 0.15) is 5.69 Å². The molecule has 0 aliphatic rings. The van der Waals surface area contributed by atoms with Crippen molar-refractivity contribution in [3.05, 3.63) is 72.8 Å². The third kappa shape index (κ3) is 2.79. The molecule has 13 heteroatoms. The van der Waals surface area contributed by atoms with Crippen LogP contribution in [0.1, 0.15) is 0 Å². The summed E-state index contributed by atoms with van der Waals surface area (Å²) in [4.78, 5) is 31.1. The molecule has 1 aromatic heterocycles. The van der Waals surface area contributed by atoms with Crippen molar-refractivity contribution in [2.75, 3.05) is 0 Å². The van der Waals surface area contributed by atoms with Crippen LogP contribution in [0.5, 0.6) is 0 Å². The first-order valence-corrected chi connectivity index (χ1v) is 6.85. The van der Waals surface area contributed by atoms with Crippen molar-refractivity contribution < 1.29 is 14.8 Å². The molecule has 0 radical (unpaired) electrons. The standard InChI is InChI=1S/C13H7N7O6/c21-18(22)8-5-6-9(12(7-8)20(25)26)13-14-15-16-17(13)10-3-1-2-4-11(10)19(23)24/h1-7H. The number of nitro benzene ring substituents is 3. The van der Waals surface area contributed by atoms with Crippen LogP contribution in [0.2, 0.25) is 0 Å². The molecule has 0 unspecified atom stereocenters. The Balaban J connectivity index is 2.24. The summed E-state index contributed by atoms with van der Waals surface area (Å²) in [6, 6.07) is 8.50. The van der Waals surface area contributed by atoms with Gasteiger partial charge in [0.2, 0.25) is 0 Å². The zero-order valence-corrected chi connectivity index (χ0v) is 12.6. The lowest BCUT2D eigenvalue weighted by Crippen LogP contribution is -2.05. The first kappa shape index (κ1) is 16.6. The van der Waals surface area contributed by atoms with Crippen molar-refractivity contribution in [1.82, 2.24) is 20.2 Å². The molecule has 0 atom stereocenters. The van der Waals surface area contributed by atoms with Gasteiger partial charge in [-0.05, 0) is 22.6 Å². The van der Waals surface area contributed by atoms with E-state index in [-0.39, 0.29) is 22.8 Å². The third-order valence-corrected chi connectivity index (χ3v) is 3.41. The number of hydrogen-bond acceptors (Lipinski definition) is 9. The molecule has 3 rings (SSSR count). The number of benzene rings is 2. The minimum absolute atomic E-state index is 0.00912. The predicted octanol–water partition coefficient (Wildman–Crippen LogP) is 2.05. The second-order valence-electron chi connectivity index (χ2n) is 4.88. The van der Waals surface area contributed by atoms with Gasteiger partial charge in [-0.1, -0.05) is 12.1 Å². The lowest BCUT2D eigenvalue weighted by atomic mass is 10.1. The van der Waals surface area contributed by atoms with E-state index in [0.717, 1.165) is 22.9 Å². The van der Waals surface area contributed by atoms with Crippen molar-refractivity contribution in [2.45, 2.75) is 0 Å². The van der Waals surface area contributed by atoms with E-state index in [9.17, 15) is 30.3 Å². The van der Waals surface area contributed by atoms with Gasteiger partial charge in [0.15, 0.2) is 5.82 Å². The van der Waals surface area contributed by atoms with Crippen LogP contribution in [0.15, 0.2) is 42.5 Å². The molecule has 0 aliphatic carbocycles. The fourth-order valence-corrected chi connectivity index (χ4v) is 2.29. The average Bonchev–Trinajstić information content (AvgIpc) is 3.10. The van der Waals surface area contributed by atoms with Gasteiger partial charge in [-0.3, -0.25) is 30.3 Å². The molecule has 0 spiro atoms. The lowest BCUT2D eigenvalue weighted by molar-refractivity contribution is -0.393. The maximum Gasteiger partial charge on any atom is 0.295 e. The van der Waals surface area contributed by atoms with Crippen LogP contribution in [0.4, 0.5) is 17.1 Å². The van der Waals surface area contributed by atoms with E-state index in [4.69, 9.17) is 0 Å². The minimum Gasteiger partial charge on any atom is -0.258 e. The third-order valence-electron chi connectivity index (χ3n) is 3.41. The van der Waals surface area contributed by atoms with E-state index in [0.29, 0.717) is 0 Å². The Labute approximate surface area is 142 Å². The number of tetrazole rings is 1. The molecule has 2 aromatic carbocycles. The zero-order valence-electron chi connectivity index (χ0n) is 12.6. The van der Waals surface area contributed by atoms with Crippen LogP contribution in [-0.2, 0) is 0 Å². The van der Waals surface area contributed by atoms with Crippen LogP contribution in [0.25, 0.3) is 17.1 Å². The summed E-state index contributed by atoms with van der Waals surface area (Å²) in [5, 5.41) is 44.1. The SMILES string of the molecule is O=[N+]([O-])c1ccc(-c2nnnn2-c2ccccc2[N+](=O)[O-])c([N+](=O)[O-])c1. The van der Waals surface area contributed by atoms with Crippen molar-refractivity contribution in [3.63, 3.8) is 0 Å². The van der Waals surface area contributed by atoms with Crippen molar-refractivity contribution in [3.8, 4) is 17.1 Å². The van der Waals surface area contributed by atoms with Gasteiger partial charge in [-0.2, -0.15) is 4.68 Å². The second kappa shape index (κ2) is 6.31. The summed E-state index contributed by atoms with van der Waals surface area (Å²) in [5.74, 6) is -0.166. The minimum atomic E-state index is -0.819. The number of para-hydroxylation sites is 2. The number of nitro groups is 3. The van der Waals surface area contributed by atoms with E-state index in [2.05, 4.69) is 15.5 Å². The second-order valence-corrected chi connectivity index (χ2v) is 4.88. The van der Waals surface area contributed by atoms with Crippen LogP contribution in [0.3, 0.4) is 0 Å². The molecule has 0 fully saturated rings. The normalized spacial score (nSPS) is 10.5. The van der Waals surface area contributed by atoms with Crippen LogP contribution < -0.4 is 0 Å². The Hall–Kier alpha value is -4.29. The Morgan fingerprint density at radius 1 is 0.846 bits per heavy atom. The number of aromatic nitrogens is 4. The summed E-state index contributed by atoms with van der Waals surface area (Å²) in [6.45, 7) is 0. The monoisotopic (exact) mass is 357 g/mol. The van der Waals surface area contributed by atoms with Crippen molar-refractivity contribution in [2.24, 2.45) is 0 Å². The molecule has 0 amide bonds. The topological polar surface area (TPSA) is 173 Å². The largest absolute Gasteiger partial charge is 0.295 e. The molecule has 0 aliphatic heterocycles. The maximum atomic E-state index is 11.3. The van der Waals surface area contributed by atoms with Crippen molar-refractivity contribution in [1.29, 1.82) is 0 Å². The first-order chi connectivity index (χ1) is 12.4. The van der Waals surface area contributed by atoms with Crippen LogP contribution in [-0.4, -0.2) is 35.0 Å². The predicted molar refractivity (Wildman–Crippen MR) is 84.6 cm³/mol. The summed E-state index contributed by atoms with van der Waals surface area (Å²) in [6.07, 6.45) is 0. The van der Waals surface area contributed by atoms with Gasteiger partial charge in [-0.25, -0.2) is 0 Å². The van der Waals surface area contributed by atoms with Gasteiger partial charge in [0.25, 0.3) is 17.1 Å². The number of nitrogens with zero attached hydrogens (tertiary/aromatic N) is 7. The van der Waals surface area contributed by atoms with E-state index in [1.54, 1.807) is 0 Å². The highest BCUT2D eigenvalue weighted by molar-refractivity contribution is 5.72. The summed E-state index contributed by atoms with van der Waals surface area (Å²) >= 11 is 0. The smallest absolute Gasteiger partial charge is 0.258 e. The Morgan fingerprint density at radius 3 is 2.19 bits per heavy atom. The number of rotatable bonds is 5. The molecule has 3 aromatic rings. The fourth-order valence-electron chi connectivity index (χ4n) is 2.29. The highest BCUT2D eigenvalue weighted by Gasteiger charge is 2.27. The molecular weight excluding hydrogens is 350 g/mol. The molecule has 130 valence electrons. The molecule has 13 nitrogen and oxygen atoms in total. The molecule has 0 saturated carbocycles. The van der Waals surface area contributed by atoms with Crippen LogP contribution in [0, 0.1) is 30.3 Å². The number of non-ortho nitro benzene ring substituents is 1. The average molecular weight is 357 g/mol. The van der Waals surface area contributed by atoms with Crippen molar-refractivity contribution >= 4 is 17.1 Å². The fraction of sp³-hybridized carbons (Fsp3) is 0. The molecular formula is C13H7N7O6. The zero-order chi connectivity index (χ0) is 18.8. The van der Waals surface area contributed by atoms with E-state index in [1.807, 2.05) is 0 Å². The maximum absolute atomic E-state index is 11.3. The van der Waals surface area contributed by atoms with E-state index < -0.39 is 26.1 Å². The highest BCUT2D eigenvalue weighted by atomic mass is 16.6. The van der Waals surface area contributed by atoms with Gasteiger partial charge >= 0.3 is 0 Å². The molecule has 1 heterocycles. The van der Waals surface area contributed by atoms with Gasteiger partial charge in [0, 0.05) is 12.1 Å². The van der Waals surface area contributed by atoms with E-state index >= 15 is 0 Å². The molecule has 0 bridgehead atoms. The van der Waals surface area contributed by atoms with Crippen LogP contribution >= 0.6 is 0 Å². The van der Waals surface area contributed by atoms with Gasteiger partial charge in [-0.15, -0.1) is 5.10 Å². The Bertz CT molecular complexity index is 1050. The summed E-state index contributed by atoms with van der Waals surface area (Å²) < 4.78 is 0.965. The highest BCUT2D eigenvalue weighted by Crippen LogP contribution is 2.33. The molecule has 0 saturated heterocycles. The Morgan fingerprint density at radius 2 is 1.54 bits per heavy atom. The van der Waals surface area contributed by atoms with Gasteiger partial charge in [0.05, 0.1) is 26.4 Å². The lowest BCUT2D eigenvalue weighted by Gasteiger charge is -2.06. The van der Waals surface area contributed by atoms with Gasteiger partial charge < -0.3 is 0 Å². The molecule has 0 N–H and O–H groups in total.